The third kappa shape index (κ3) is 5.13. The number of imidazole rings is 1. The van der Waals surface area contributed by atoms with Gasteiger partial charge in [0.1, 0.15) is 17.3 Å². The molecule has 0 unspecified atom stereocenters. The first-order valence-corrected chi connectivity index (χ1v) is 20.9. The Kier molecular flexibility index (Phi) is 7.56. The first-order valence-electron chi connectivity index (χ1n) is 20.9. The largest absolute Gasteiger partial charge is 0.458 e. The first-order chi connectivity index (χ1) is 30.8. The summed E-state index contributed by atoms with van der Waals surface area (Å²) in [6, 6.07) is 72.5. The fourth-order valence-electron chi connectivity index (χ4n) is 9.77. The van der Waals surface area contributed by atoms with Crippen molar-refractivity contribution in [2.45, 2.75) is 0 Å². The average Bonchev–Trinajstić information content (AvgIpc) is 4.01. The van der Waals surface area contributed by atoms with E-state index in [4.69, 9.17) is 9.72 Å². The number of rotatable bonds is 6. The van der Waals surface area contributed by atoms with Crippen molar-refractivity contribution in [3.63, 3.8) is 0 Å². The Balaban J connectivity index is 0.917. The molecule has 0 spiro atoms. The summed E-state index contributed by atoms with van der Waals surface area (Å²) in [7, 11) is 0. The van der Waals surface area contributed by atoms with Gasteiger partial charge in [0.05, 0.1) is 39.1 Å². The molecule has 7 nitrogen and oxygen atoms in total. The molecule has 0 radical (unpaired) electrons. The summed E-state index contributed by atoms with van der Waals surface area (Å²) in [5.41, 5.74) is 14.3. The predicted octanol–water partition coefficient (Wildman–Crippen LogP) is 11.7. The Morgan fingerprint density at radius 1 is 0.500 bits per heavy atom. The summed E-state index contributed by atoms with van der Waals surface area (Å²) >= 11 is 0. The van der Waals surface area contributed by atoms with E-state index in [1.54, 1.807) is 0 Å². The van der Waals surface area contributed by atoms with Crippen LogP contribution in [-0.4, -0.2) is 21.1 Å². The highest BCUT2D eigenvalue weighted by Crippen LogP contribution is 2.51. The molecule has 0 fully saturated rings. The Hall–Kier alpha value is -8.36. The van der Waals surface area contributed by atoms with Crippen molar-refractivity contribution in [2.24, 2.45) is 0 Å². The summed E-state index contributed by atoms with van der Waals surface area (Å²) < 4.78 is 13.5. The number of nitrogens with zero attached hydrogens (tertiary/aromatic N) is 6. The molecule has 2 aliphatic heterocycles. The second-order valence-electron chi connectivity index (χ2n) is 15.8. The van der Waals surface area contributed by atoms with Crippen LogP contribution in [0.1, 0.15) is 0 Å². The fourth-order valence-corrected chi connectivity index (χ4v) is 9.77. The maximum Gasteiger partial charge on any atom is 0.422 e. The molecule has 11 aromatic rings. The summed E-state index contributed by atoms with van der Waals surface area (Å²) in [4.78, 5) is 9.74. The van der Waals surface area contributed by atoms with Gasteiger partial charge in [0, 0.05) is 45.7 Å². The van der Waals surface area contributed by atoms with Crippen LogP contribution in [0.25, 0.3) is 61.0 Å². The van der Waals surface area contributed by atoms with Crippen molar-refractivity contribution in [3.05, 3.63) is 219 Å². The Labute approximate surface area is 358 Å². The van der Waals surface area contributed by atoms with Gasteiger partial charge >= 0.3 is 6.98 Å². The molecule has 2 aliphatic rings. The van der Waals surface area contributed by atoms with E-state index >= 15 is 0 Å². The lowest BCUT2D eigenvalue weighted by atomic mass is 9.59. The van der Waals surface area contributed by atoms with Crippen molar-refractivity contribution in [3.8, 4) is 39.7 Å². The highest BCUT2D eigenvalue weighted by molar-refractivity contribution is 6.86. The monoisotopic (exact) mass is 794 g/mol. The molecule has 0 bridgehead atoms. The van der Waals surface area contributed by atoms with E-state index in [-0.39, 0.29) is 6.98 Å². The van der Waals surface area contributed by atoms with Gasteiger partial charge in [0.25, 0.3) is 6.33 Å². The number of aromatic nitrogens is 4. The Morgan fingerprint density at radius 2 is 1.21 bits per heavy atom. The molecule has 8 heteroatoms. The van der Waals surface area contributed by atoms with Crippen LogP contribution in [-0.2, 0) is 0 Å². The van der Waals surface area contributed by atoms with E-state index < -0.39 is 0 Å². The van der Waals surface area contributed by atoms with Crippen molar-refractivity contribution < 1.29 is 9.30 Å². The quantitative estimate of drug-likeness (QED) is 0.0955. The number of anilines is 4. The number of ether oxygens (including phenoxy) is 1. The molecular weight excluding hydrogens is 759 g/mol. The van der Waals surface area contributed by atoms with Crippen LogP contribution in [0, 0.1) is 6.33 Å². The predicted molar refractivity (Wildman–Crippen MR) is 250 cm³/mol. The Morgan fingerprint density at radius 3 is 2.10 bits per heavy atom. The number of pyridine rings is 1. The molecule has 0 saturated heterocycles. The third-order valence-corrected chi connectivity index (χ3v) is 12.3. The zero-order valence-corrected chi connectivity index (χ0v) is 33.4. The summed E-state index contributed by atoms with van der Waals surface area (Å²) in [6.07, 6.45) is 5.66. The van der Waals surface area contributed by atoms with Crippen molar-refractivity contribution in [1.29, 1.82) is 0 Å². The van der Waals surface area contributed by atoms with Crippen LogP contribution < -0.4 is 24.4 Å². The smallest absolute Gasteiger partial charge is 0.422 e. The van der Waals surface area contributed by atoms with Gasteiger partial charge in [-0.1, -0.05) is 121 Å². The molecule has 62 heavy (non-hydrogen) atoms. The molecular formula is C54H35BN6O. The van der Waals surface area contributed by atoms with E-state index in [0.29, 0.717) is 0 Å². The fraction of sp³-hybridized carbons (Fsp3) is 0. The van der Waals surface area contributed by atoms with Crippen molar-refractivity contribution in [1.82, 2.24) is 14.1 Å². The van der Waals surface area contributed by atoms with E-state index in [0.717, 1.165) is 79.1 Å². The minimum Gasteiger partial charge on any atom is -0.458 e. The first kappa shape index (κ1) is 34.5. The molecule has 5 heterocycles. The van der Waals surface area contributed by atoms with Gasteiger partial charge < -0.3 is 18.9 Å². The molecule has 0 atom stereocenters. The zero-order valence-electron chi connectivity index (χ0n) is 33.4. The lowest BCUT2D eigenvalue weighted by molar-refractivity contribution is -0.571. The molecule has 0 saturated carbocycles. The van der Waals surface area contributed by atoms with Crippen LogP contribution in [0.2, 0.25) is 0 Å². The second kappa shape index (κ2) is 13.6. The summed E-state index contributed by atoms with van der Waals surface area (Å²) in [5, 5.41) is 2.40. The molecule has 8 aromatic carbocycles. The van der Waals surface area contributed by atoms with E-state index in [2.05, 4.69) is 224 Å². The normalized spacial score (nSPS) is 12.7. The molecule has 0 N–H and O–H groups in total. The molecule has 3 aromatic heterocycles. The number of fused-ring (bicyclic) bond motifs is 12. The highest BCUT2D eigenvalue weighted by Gasteiger charge is 2.48. The number of benzene rings is 8. The SMILES string of the molecule is [c-]1n(-c2cccc(Oc3ccc4c(c3)N3B(c5ccccc5-4)N(c4ccccc4)c4cccnc43)c2)c2ccccc2[n+]1-c1cccc2c3ccccc3n(-c3ccccc3)c12. The summed E-state index contributed by atoms with van der Waals surface area (Å²) in [5.74, 6) is 2.39. The minimum absolute atomic E-state index is 0.117. The van der Waals surface area contributed by atoms with Gasteiger partial charge in [0.15, 0.2) is 0 Å². The van der Waals surface area contributed by atoms with Gasteiger partial charge in [-0.25, -0.2) is 4.98 Å². The maximum atomic E-state index is 6.80. The van der Waals surface area contributed by atoms with Gasteiger partial charge in [-0.15, -0.1) is 0 Å². The number of hydrogen-bond acceptors (Lipinski definition) is 4. The van der Waals surface area contributed by atoms with Gasteiger partial charge in [0.2, 0.25) is 0 Å². The number of para-hydroxylation sites is 6. The van der Waals surface area contributed by atoms with Crippen LogP contribution in [0.15, 0.2) is 212 Å². The topological polar surface area (TPSA) is 42.3 Å². The van der Waals surface area contributed by atoms with Crippen LogP contribution in [0.4, 0.5) is 22.9 Å². The lowest BCUT2D eigenvalue weighted by Gasteiger charge is -2.36. The maximum absolute atomic E-state index is 6.80. The van der Waals surface area contributed by atoms with Gasteiger partial charge in [-0.05, 0) is 89.9 Å². The standard InChI is InChI=1S/C54H35BN6O/c1-3-16-37(17-4-1)59-47-26-10-8-23-43(47)45-24-14-29-50(53(45)59)58-36-57(48-27-11-12-28-49(48)58)39-20-13-21-40(34-39)62-41-31-32-44-42-22-7-9-25-46(42)55-60(38-18-5-2-6-19-38)51-30-15-33-56-54(51)61(55)52(44)35-41/h1-35H. The number of hydrogen-bond donors (Lipinski definition) is 0. The van der Waals surface area contributed by atoms with E-state index in [1.807, 2.05) is 18.3 Å². The van der Waals surface area contributed by atoms with Crippen LogP contribution >= 0.6 is 0 Å². The minimum atomic E-state index is -0.117. The average molecular weight is 795 g/mol. The lowest BCUT2D eigenvalue weighted by Crippen LogP contribution is -2.55. The zero-order chi connectivity index (χ0) is 40.7. The molecule has 290 valence electrons. The van der Waals surface area contributed by atoms with Gasteiger partial charge in [-0.3, -0.25) is 9.13 Å². The molecule has 13 rings (SSSR count). The van der Waals surface area contributed by atoms with Crippen molar-refractivity contribution >= 4 is 68.2 Å². The third-order valence-electron chi connectivity index (χ3n) is 12.3. The van der Waals surface area contributed by atoms with E-state index in [9.17, 15) is 0 Å². The Bertz CT molecular complexity index is 3550. The molecule has 0 aliphatic carbocycles. The van der Waals surface area contributed by atoms with Gasteiger partial charge in [-0.2, -0.15) is 0 Å². The second-order valence-corrected chi connectivity index (χ2v) is 15.8. The van der Waals surface area contributed by atoms with Crippen molar-refractivity contribution in [2.75, 3.05) is 9.62 Å². The van der Waals surface area contributed by atoms with Crippen LogP contribution in [0.3, 0.4) is 0 Å². The highest BCUT2D eigenvalue weighted by atomic mass is 16.5. The summed E-state index contributed by atoms with van der Waals surface area (Å²) in [6.45, 7) is -0.117. The van der Waals surface area contributed by atoms with E-state index in [1.165, 1.54) is 21.8 Å². The molecule has 0 amide bonds. The van der Waals surface area contributed by atoms with Crippen LogP contribution in [0.5, 0.6) is 11.5 Å².